The van der Waals surface area contributed by atoms with Crippen LogP contribution in [0.1, 0.15) is 40.5 Å². The zero-order valence-electron chi connectivity index (χ0n) is 18.3. The first-order valence-corrected chi connectivity index (χ1v) is 10.3. The predicted octanol–water partition coefficient (Wildman–Crippen LogP) is 2.41. The summed E-state index contributed by atoms with van der Waals surface area (Å²) in [4.78, 5) is 25.1. The van der Waals surface area contributed by atoms with Crippen LogP contribution in [0.25, 0.3) is 10.4 Å². The normalized spacial score (nSPS) is 13.1. The average Bonchev–Trinajstić information content (AvgIpc) is 2.62. The fraction of sp³-hybridized carbons (Fsp3) is 0.889. The molecule has 0 aromatic carbocycles. The van der Waals surface area contributed by atoms with Gasteiger partial charge in [-0.15, -0.1) is 12.6 Å². The van der Waals surface area contributed by atoms with E-state index >= 15 is 0 Å². The maximum absolute atomic E-state index is 11.7. The van der Waals surface area contributed by atoms with E-state index < -0.39 is 16.6 Å². The van der Waals surface area contributed by atoms with E-state index in [9.17, 15) is 9.59 Å². The number of carbonyl (C=O) groups is 2. The largest absolute Gasteiger partial charge is 0.444 e. The van der Waals surface area contributed by atoms with Crippen molar-refractivity contribution in [2.45, 2.75) is 51.1 Å². The summed E-state index contributed by atoms with van der Waals surface area (Å²) in [6.07, 6.45) is 0.230. The molecule has 0 saturated heterocycles. The number of azide groups is 1. The van der Waals surface area contributed by atoms with Gasteiger partial charge in [0.25, 0.3) is 0 Å². The Labute approximate surface area is 183 Å². The molecular weight excluding hydrogens is 414 g/mol. The molecule has 2 N–H and O–H groups in total. The second-order valence-corrected chi connectivity index (χ2v) is 8.43. The van der Waals surface area contributed by atoms with E-state index in [1.54, 1.807) is 27.7 Å². The Bertz CT molecular complexity index is 550. The number of nitrogens with zero attached hydrogens (tertiary/aromatic N) is 3. The number of carbonyl (C=O) groups excluding carboxylic acids is 2. The predicted molar refractivity (Wildman–Crippen MR) is 115 cm³/mol. The topological polar surface area (TPSA) is 144 Å². The third-order valence-corrected chi connectivity index (χ3v) is 3.69. The smallest absolute Gasteiger partial charge is 0.407 e. The van der Waals surface area contributed by atoms with Crippen molar-refractivity contribution in [3.63, 3.8) is 0 Å². The molecule has 0 fully saturated rings. The number of alkyl carbamates (subject to hydrolysis) is 1. The highest BCUT2D eigenvalue weighted by Crippen LogP contribution is 2.19. The molecule has 174 valence electrons. The molecule has 1 atom stereocenters. The fourth-order valence-corrected chi connectivity index (χ4v) is 2.15. The number of rotatable bonds is 16. The van der Waals surface area contributed by atoms with Crippen LogP contribution in [0.4, 0.5) is 4.79 Å². The van der Waals surface area contributed by atoms with Crippen LogP contribution >= 0.6 is 12.6 Å². The molecule has 30 heavy (non-hydrogen) atoms. The van der Waals surface area contributed by atoms with E-state index in [4.69, 9.17) is 24.5 Å². The van der Waals surface area contributed by atoms with Crippen LogP contribution in [-0.2, 0) is 23.7 Å². The summed E-state index contributed by atoms with van der Waals surface area (Å²) in [5, 5.41) is 8.74. The summed E-state index contributed by atoms with van der Waals surface area (Å²) in [5.74, 6) is -0.139. The van der Waals surface area contributed by atoms with Gasteiger partial charge in [0.2, 0.25) is 5.91 Å². The second-order valence-electron chi connectivity index (χ2n) is 7.48. The second kappa shape index (κ2) is 16.0. The van der Waals surface area contributed by atoms with E-state index in [-0.39, 0.29) is 18.9 Å². The summed E-state index contributed by atoms with van der Waals surface area (Å²) in [6, 6.07) is 0. The van der Waals surface area contributed by atoms with Crippen LogP contribution < -0.4 is 10.6 Å². The summed E-state index contributed by atoms with van der Waals surface area (Å²) >= 11 is 4.35. The highest BCUT2D eigenvalue weighted by Gasteiger charge is 2.18. The molecule has 0 heterocycles. The summed E-state index contributed by atoms with van der Waals surface area (Å²) in [7, 11) is 0. The molecule has 0 rings (SSSR count). The van der Waals surface area contributed by atoms with Crippen molar-refractivity contribution in [2.24, 2.45) is 5.11 Å². The van der Waals surface area contributed by atoms with E-state index in [1.165, 1.54) is 0 Å². The number of nitrogens with one attached hydrogen (secondary N) is 2. The summed E-state index contributed by atoms with van der Waals surface area (Å²) in [5.41, 5.74) is 7.71. The number of amides is 2. The van der Waals surface area contributed by atoms with Crippen LogP contribution in [-0.4, -0.2) is 75.2 Å². The van der Waals surface area contributed by atoms with E-state index in [2.05, 4.69) is 33.3 Å². The Kier molecular flexibility index (Phi) is 15.1. The lowest BCUT2D eigenvalue weighted by atomic mass is 10.2. The van der Waals surface area contributed by atoms with Gasteiger partial charge < -0.3 is 29.6 Å². The van der Waals surface area contributed by atoms with Gasteiger partial charge in [-0.05, 0) is 39.6 Å². The molecule has 0 aliphatic heterocycles. The van der Waals surface area contributed by atoms with Crippen LogP contribution in [0.3, 0.4) is 0 Å². The Morgan fingerprint density at radius 2 is 1.63 bits per heavy atom. The van der Waals surface area contributed by atoms with Crippen LogP contribution in [0.5, 0.6) is 0 Å². The van der Waals surface area contributed by atoms with Crippen LogP contribution in [0.15, 0.2) is 5.11 Å². The Morgan fingerprint density at radius 3 is 2.27 bits per heavy atom. The van der Waals surface area contributed by atoms with Crippen molar-refractivity contribution in [1.82, 2.24) is 10.6 Å². The Balaban J connectivity index is 3.52. The molecule has 0 aromatic heterocycles. The first kappa shape index (κ1) is 28.3. The molecule has 0 spiro atoms. The molecule has 2 amide bonds. The van der Waals surface area contributed by atoms with Crippen molar-refractivity contribution in [3.05, 3.63) is 10.4 Å². The van der Waals surface area contributed by atoms with E-state index in [0.29, 0.717) is 52.5 Å². The first-order valence-electron chi connectivity index (χ1n) is 9.82. The number of ether oxygens (including phenoxy) is 4. The molecule has 1 unspecified atom stereocenters. The first-order chi connectivity index (χ1) is 14.1. The van der Waals surface area contributed by atoms with Gasteiger partial charge in [0.15, 0.2) is 0 Å². The quantitative estimate of drug-likeness (QED) is 0.0824. The van der Waals surface area contributed by atoms with E-state index in [0.717, 1.165) is 0 Å². The SMILES string of the molecule is CC(C)(C)OC(=O)NCCOCCNC(=O)CCOCCOC(C)(S)CCN=[N+]=[N-]. The van der Waals surface area contributed by atoms with Gasteiger partial charge in [-0.25, -0.2) is 4.79 Å². The van der Waals surface area contributed by atoms with Crippen LogP contribution in [0.2, 0.25) is 0 Å². The third kappa shape index (κ3) is 19.6. The van der Waals surface area contributed by atoms with Crippen LogP contribution in [0, 0.1) is 0 Å². The summed E-state index contributed by atoms with van der Waals surface area (Å²) < 4.78 is 21.3. The highest BCUT2D eigenvalue weighted by atomic mass is 32.1. The van der Waals surface area contributed by atoms with Crippen molar-refractivity contribution >= 4 is 24.6 Å². The minimum absolute atomic E-state index is 0.139. The maximum atomic E-state index is 11.7. The van der Waals surface area contributed by atoms with E-state index in [1.807, 2.05) is 0 Å². The number of hydrogen-bond acceptors (Lipinski definition) is 8. The van der Waals surface area contributed by atoms with Gasteiger partial charge in [0.05, 0.1) is 33.0 Å². The lowest BCUT2D eigenvalue weighted by Gasteiger charge is -2.23. The van der Waals surface area contributed by atoms with Crippen molar-refractivity contribution in [2.75, 3.05) is 52.7 Å². The van der Waals surface area contributed by atoms with Gasteiger partial charge in [-0.1, -0.05) is 5.11 Å². The zero-order chi connectivity index (χ0) is 22.9. The molecule has 0 saturated carbocycles. The minimum atomic E-state index is -0.697. The molecule has 0 aliphatic carbocycles. The van der Waals surface area contributed by atoms with Crippen molar-refractivity contribution < 1.29 is 28.5 Å². The zero-order valence-corrected chi connectivity index (χ0v) is 19.2. The lowest BCUT2D eigenvalue weighted by Crippen LogP contribution is -2.34. The van der Waals surface area contributed by atoms with Crippen molar-refractivity contribution in [1.29, 1.82) is 0 Å². The van der Waals surface area contributed by atoms with Crippen molar-refractivity contribution in [3.8, 4) is 0 Å². The highest BCUT2D eigenvalue weighted by molar-refractivity contribution is 7.81. The number of hydrogen-bond donors (Lipinski definition) is 3. The monoisotopic (exact) mass is 449 g/mol. The molecule has 11 nitrogen and oxygen atoms in total. The molecule has 0 radical (unpaired) electrons. The van der Waals surface area contributed by atoms with Gasteiger partial charge in [0, 0.05) is 31.0 Å². The average molecular weight is 450 g/mol. The Hall–Kier alpha value is -1.72. The molecular formula is C18H35N5O6S. The third-order valence-electron chi connectivity index (χ3n) is 3.34. The number of thiol groups is 1. The molecule has 12 heteroatoms. The van der Waals surface area contributed by atoms with Gasteiger partial charge in [-0.2, -0.15) is 0 Å². The van der Waals surface area contributed by atoms with Gasteiger partial charge in [0.1, 0.15) is 10.5 Å². The maximum Gasteiger partial charge on any atom is 0.407 e. The summed E-state index contributed by atoms with van der Waals surface area (Å²) in [6.45, 7) is 9.76. The molecule has 0 aliphatic rings. The molecule has 0 aromatic rings. The molecule has 0 bridgehead atoms. The minimum Gasteiger partial charge on any atom is -0.444 e. The van der Waals surface area contributed by atoms with Gasteiger partial charge >= 0.3 is 6.09 Å². The lowest BCUT2D eigenvalue weighted by molar-refractivity contribution is -0.122. The van der Waals surface area contributed by atoms with Gasteiger partial charge in [-0.3, -0.25) is 4.79 Å². The Morgan fingerprint density at radius 1 is 1.00 bits per heavy atom. The fourth-order valence-electron chi connectivity index (χ4n) is 1.95. The standard InChI is InChI=1S/C18H35N5O6S/c1-17(2,3)29-16(25)21-9-12-27-11-8-20-15(24)5-10-26-13-14-28-18(4,30)6-7-22-23-19/h30H,5-14H2,1-4H3,(H,20,24)(H,21,25).